The SMILES string of the molecule is CC(C)(C)c1cc(NC(=O)Nc2ccc(C#Cc3ccc(OCCCN4CCOCC4)nc3)cc2)no1. The number of rotatable bonds is 7. The molecule has 2 aromatic heterocycles. The normalized spacial score (nSPS) is 13.9. The van der Waals surface area contributed by atoms with Gasteiger partial charge in [-0.25, -0.2) is 9.78 Å². The predicted octanol–water partition coefficient (Wildman–Crippen LogP) is 4.51. The molecular formula is C28H33N5O4. The Balaban J connectivity index is 1.21. The number of morpholine rings is 1. The fourth-order valence-electron chi connectivity index (χ4n) is 3.58. The lowest BCUT2D eigenvalue weighted by Crippen LogP contribution is -2.37. The van der Waals surface area contributed by atoms with Gasteiger partial charge < -0.3 is 19.3 Å². The molecule has 1 aromatic carbocycles. The monoisotopic (exact) mass is 503 g/mol. The molecule has 1 fully saturated rings. The molecule has 9 heteroatoms. The molecule has 1 saturated heterocycles. The van der Waals surface area contributed by atoms with Crippen LogP contribution in [0.4, 0.5) is 16.3 Å². The molecule has 37 heavy (non-hydrogen) atoms. The van der Waals surface area contributed by atoms with Crippen LogP contribution in [-0.2, 0) is 10.2 Å². The molecule has 0 radical (unpaired) electrons. The third kappa shape index (κ3) is 8.34. The highest BCUT2D eigenvalue weighted by molar-refractivity contribution is 5.99. The van der Waals surface area contributed by atoms with Gasteiger partial charge in [0, 0.05) is 60.2 Å². The molecule has 9 nitrogen and oxygen atoms in total. The molecule has 0 saturated carbocycles. The van der Waals surface area contributed by atoms with Crippen LogP contribution in [0.15, 0.2) is 53.2 Å². The fraction of sp³-hybridized carbons (Fsp3) is 0.393. The van der Waals surface area contributed by atoms with Crippen molar-refractivity contribution in [3.05, 3.63) is 65.5 Å². The number of anilines is 2. The molecule has 0 bridgehead atoms. The molecule has 1 aliphatic heterocycles. The van der Waals surface area contributed by atoms with Gasteiger partial charge in [0.15, 0.2) is 5.82 Å². The lowest BCUT2D eigenvalue weighted by molar-refractivity contribution is 0.0357. The van der Waals surface area contributed by atoms with Crippen molar-refractivity contribution in [1.82, 2.24) is 15.0 Å². The van der Waals surface area contributed by atoms with Crippen LogP contribution in [0.1, 0.15) is 44.1 Å². The van der Waals surface area contributed by atoms with Crippen LogP contribution in [0.3, 0.4) is 0 Å². The quantitative estimate of drug-likeness (QED) is 0.361. The number of urea groups is 1. The summed E-state index contributed by atoms with van der Waals surface area (Å²) in [7, 11) is 0. The lowest BCUT2D eigenvalue weighted by Gasteiger charge is -2.26. The Morgan fingerprint density at radius 1 is 1.05 bits per heavy atom. The molecule has 0 unspecified atom stereocenters. The Morgan fingerprint density at radius 2 is 1.78 bits per heavy atom. The van der Waals surface area contributed by atoms with Crippen molar-refractivity contribution in [2.75, 3.05) is 50.1 Å². The summed E-state index contributed by atoms with van der Waals surface area (Å²) in [6.45, 7) is 11.3. The van der Waals surface area contributed by atoms with Gasteiger partial charge in [-0.1, -0.05) is 37.8 Å². The van der Waals surface area contributed by atoms with E-state index in [1.165, 1.54) is 0 Å². The minimum absolute atomic E-state index is 0.185. The standard InChI is InChI=1S/C28H33N5O4/c1-28(2,3)24-19-25(32-37-24)31-27(34)30-23-10-7-21(8-11-23)5-6-22-9-12-26(29-20-22)36-16-4-13-33-14-17-35-18-15-33/h7-12,19-20H,4,13-18H2,1-3H3,(H2,30,31,32,34). The van der Waals surface area contributed by atoms with E-state index < -0.39 is 6.03 Å². The first-order valence-electron chi connectivity index (χ1n) is 12.4. The Kier molecular flexibility index (Phi) is 8.77. The molecule has 4 rings (SSSR count). The number of nitrogens with one attached hydrogen (secondary N) is 2. The van der Waals surface area contributed by atoms with Gasteiger partial charge in [0.2, 0.25) is 5.88 Å². The van der Waals surface area contributed by atoms with E-state index >= 15 is 0 Å². The molecule has 0 aliphatic carbocycles. The number of ether oxygens (including phenoxy) is 2. The minimum atomic E-state index is -0.401. The number of nitrogens with zero attached hydrogens (tertiary/aromatic N) is 3. The topological polar surface area (TPSA) is 102 Å². The van der Waals surface area contributed by atoms with Crippen molar-refractivity contribution in [2.45, 2.75) is 32.6 Å². The van der Waals surface area contributed by atoms with Crippen LogP contribution >= 0.6 is 0 Å². The third-order valence-corrected chi connectivity index (χ3v) is 5.69. The van der Waals surface area contributed by atoms with Gasteiger partial charge in [-0.2, -0.15) is 0 Å². The van der Waals surface area contributed by atoms with Crippen molar-refractivity contribution in [2.24, 2.45) is 0 Å². The molecule has 2 N–H and O–H groups in total. The second-order valence-corrected chi connectivity index (χ2v) is 9.77. The van der Waals surface area contributed by atoms with Gasteiger partial charge in [-0.3, -0.25) is 10.2 Å². The van der Waals surface area contributed by atoms with Gasteiger partial charge >= 0.3 is 6.03 Å². The Hall–Kier alpha value is -3.87. The second-order valence-electron chi connectivity index (χ2n) is 9.77. The third-order valence-electron chi connectivity index (χ3n) is 5.69. The fourth-order valence-corrected chi connectivity index (χ4v) is 3.58. The number of hydrogen-bond acceptors (Lipinski definition) is 7. The zero-order chi connectivity index (χ0) is 26.1. The molecule has 2 amide bonds. The highest BCUT2D eigenvalue weighted by Crippen LogP contribution is 2.24. The van der Waals surface area contributed by atoms with E-state index in [1.807, 2.05) is 45.0 Å². The Morgan fingerprint density at radius 3 is 2.46 bits per heavy atom. The molecule has 0 spiro atoms. The maximum Gasteiger partial charge on any atom is 0.324 e. The van der Waals surface area contributed by atoms with Crippen molar-refractivity contribution < 1.29 is 18.8 Å². The van der Waals surface area contributed by atoms with Gasteiger partial charge in [-0.15, -0.1) is 0 Å². The molecular weight excluding hydrogens is 470 g/mol. The van der Waals surface area contributed by atoms with Crippen LogP contribution < -0.4 is 15.4 Å². The van der Waals surface area contributed by atoms with Crippen molar-refractivity contribution in [3.63, 3.8) is 0 Å². The van der Waals surface area contributed by atoms with Gasteiger partial charge in [-0.05, 0) is 36.8 Å². The minimum Gasteiger partial charge on any atom is -0.478 e. The number of pyridine rings is 1. The second kappa shape index (κ2) is 12.4. The zero-order valence-electron chi connectivity index (χ0n) is 21.5. The Bertz CT molecular complexity index is 1210. The van der Waals surface area contributed by atoms with E-state index in [-0.39, 0.29) is 5.41 Å². The summed E-state index contributed by atoms with van der Waals surface area (Å²) in [5.41, 5.74) is 2.07. The van der Waals surface area contributed by atoms with E-state index in [0.717, 1.165) is 50.4 Å². The average molecular weight is 504 g/mol. The van der Waals surface area contributed by atoms with E-state index in [2.05, 4.69) is 37.5 Å². The predicted molar refractivity (Wildman–Crippen MR) is 142 cm³/mol. The van der Waals surface area contributed by atoms with Crippen molar-refractivity contribution in [3.8, 4) is 17.7 Å². The van der Waals surface area contributed by atoms with Crippen LogP contribution in [0, 0.1) is 11.8 Å². The van der Waals surface area contributed by atoms with Crippen LogP contribution in [0.5, 0.6) is 5.88 Å². The summed E-state index contributed by atoms with van der Waals surface area (Å²) >= 11 is 0. The first-order valence-corrected chi connectivity index (χ1v) is 12.4. The van der Waals surface area contributed by atoms with E-state index in [1.54, 1.807) is 24.4 Å². The number of hydrogen-bond donors (Lipinski definition) is 2. The van der Waals surface area contributed by atoms with Gasteiger partial charge in [0.1, 0.15) is 5.76 Å². The molecule has 3 aromatic rings. The summed E-state index contributed by atoms with van der Waals surface area (Å²) in [5.74, 6) is 7.87. The van der Waals surface area contributed by atoms with Crippen molar-refractivity contribution in [1.29, 1.82) is 0 Å². The molecule has 0 atom stereocenters. The smallest absolute Gasteiger partial charge is 0.324 e. The molecule has 1 aliphatic rings. The number of amides is 2. The average Bonchev–Trinajstić information content (AvgIpc) is 3.37. The summed E-state index contributed by atoms with van der Waals surface area (Å²) in [6, 6.07) is 12.3. The molecule has 194 valence electrons. The summed E-state index contributed by atoms with van der Waals surface area (Å²) in [4.78, 5) is 19.0. The first kappa shape index (κ1) is 26.2. The van der Waals surface area contributed by atoms with Crippen LogP contribution in [0.2, 0.25) is 0 Å². The lowest BCUT2D eigenvalue weighted by atomic mass is 9.93. The van der Waals surface area contributed by atoms with Gasteiger partial charge in [0.25, 0.3) is 0 Å². The van der Waals surface area contributed by atoms with E-state index in [9.17, 15) is 4.79 Å². The largest absolute Gasteiger partial charge is 0.478 e. The number of aromatic nitrogens is 2. The summed E-state index contributed by atoms with van der Waals surface area (Å²) in [5, 5.41) is 9.34. The summed E-state index contributed by atoms with van der Waals surface area (Å²) < 4.78 is 16.4. The number of carbonyl (C=O) groups is 1. The highest BCUT2D eigenvalue weighted by Gasteiger charge is 2.20. The molecule has 3 heterocycles. The van der Waals surface area contributed by atoms with E-state index in [0.29, 0.717) is 29.8 Å². The van der Waals surface area contributed by atoms with Crippen LogP contribution in [-0.4, -0.2) is 60.5 Å². The summed E-state index contributed by atoms with van der Waals surface area (Å²) in [6.07, 6.45) is 2.66. The Labute approximate surface area is 217 Å². The highest BCUT2D eigenvalue weighted by atomic mass is 16.5. The zero-order valence-corrected chi connectivity index (χ0v) is 21.5. The first-order chi connectivity index (χ1) is 17.8. The van der Waals surface area contributed by atoms with Gasteiger partial charge in [0.05, 0.1) is 19.8 Å². The maximum absolute atomic E-state index is 12.3. The van der Waals surface area contributed by atoms with Crippen LogP contribution in [0.25, 0.3) is 0 Å². The van der Waals surface area contributed by atoms with Crippen molar-refractivity contribution >= 4 is 17.5 Å². The van der Waals surface area contributed by atoms with E-state index in [4.69, 9.17) is 14.0 Å². The number of benzene rings is 1. The maximum atomic E-state index is 12.3. The number of carbonyl (C=O) groups excluding carboxylic acids is 1.